The van der Waals surface area contributed by atoms with Gasteiger partial charge in [-0.05, 0) is 67.3 Å². The number of anilines is 1. The number of alkyl halides is 2. The number of nitrogens with two attached hydrogens (primary N) is 1. The summed E-state index contributed by atoms with van der Waals surface area (Å²) in [6, 6.07) is 10.9. The van der Waals surface area contributed by atoms with Gasteiger partial charge in [-0.15, -0.1) is 0 Å². The molecule has 35 heavy (non-hydrogen) atoms. The number of aliphatic hydroxyl groups is 1. The number of rotatable bonds is 14. The first-order chi connectivity index (χ1) is 16.7. The molecule has 192 valence electrons. The number of amides is 1. The predicted octanol–water partition coefficient (Wildman–Crippen LogP) is 4.60. The van der Waals surface area contributed by atoms with Gasteiger partial charge in [0.1, 0.15) is 0 Å². The first kappa shape index (κ1) is 26.7. The summed E-state index contributed by atoms with van der Waals surface area (Å²) in [6.07, 6.45) is 4.03. The summed E-state index contributed by atoms with van der Waals surface area (Å²) in [6.45, 7) is 4.37. The van der Waals surface area contributed by atoms with Crippen molar-refractivity contribution in [2.24, 2.45) is 11.7 Å². The van der Waals surface area contributed by atoms with Crippen LogP contribution in [0, 0.1) is 5.92 Å². The molecule has 0 aliphatic carbocycles. The fourth-order valence-electron chi connectivity index (χ4n) is 4.49. The van der Waals surface area contributed by atoms with E-state index in [2.05, 4.69) is 17.9 Å². The van der Waals surface area contributed by atoms with Crippen molar-refractivity contribution < 1.29 is 28.2 Å². The number of halogens is 2. The van der Waals surface area contributed by atoms with Crippen LogP contribution >= 0.6 is 0 Å². The summed E-state index contributed by atoms with van der Waals surface area (Å²) in [4.78, 5) is 14.3. The van der Waals surface area contributed by atoms with Crippen LogP contribution in [0.3, 0.4) is 0 Å². The van der Waals surface area contributed by atoms with Crippen molar-refractivity contribution in [2.75, 3.05) is 37.8 Å². The number of para-hydroxylation sites is 2. The van der Waals surface area contributed by atoms with E-state index in [0.717, 1.165) is 56.0 Å². The molecule has 3 rings (SSSR count). The van der Waals surface area contributed by atoms with Gasteiger partial charge in [0, 0.05) is 26.6 Å². The number of fused-ring (bicyclic) bond motifs is 1. The molecule has 6 nitrogen and oxygen atoms in total. The second-order valence-electron chi connectivity index (χ2n) is 9.44. The van der Waals surface area contributed by atoms with Gasteiger partial charge in [-0.2, -0.15) is 0 Å². The van der Waals surface area contributed by atoms with Crippen LogP contribution in [0.5, 0.6) is 11.5 Å². The number of nitrogens with zero attached hydrogens (tertiary/aromatic N) is 1. The molecule has 2 aromatic rings. The zero-order valence-corrected chi connectivity index (χ0v) is 20.6. The molecule has 2 aromatic carbocycles. The summed E-state index contributed by atoms with van der Waals surface area (Å²) in [5.41, 5.74) is 9.40. The Balaban J connectivity index is 1.53. The summed E-state index contributed by atoms with van der Waals surface area (Å²) in [7, 11) is 0. The van der Waals surface area contributed by atoms with E-state index in [-0.39, 0.29) is 6.61 Å². The number of ether oxygens (including phenoxy) is 2. The van der Waals surface area contributed by atoms with Gasteiger partial charge in [-0.3, -0.25) is 4.79 Å². The molecule has 1 aliphatic heterocycles. The van der Waals surface area contributed by atoms with Gasteiger partial charge < -0.3 is 25.2 Å². The highest BCUT2D eigenvalue weighted by Gasteiger charge is 2.26. The third-order valence-corrected chi connectivity index (χ3v) is 6.08. The SMILES string of the molecule is C[C@@H](CCCOc1ccccc1OCC(C)(F)F)Cc1cc2c(c(C(N)=O)c1)N(CCCO)CC2. The summed E-state index contributed by atoms with van der Waals surface area (Å²) >= 11 is 0. The van der Waals surface area contributed by atoms with Crippen molar-refractivity contribution in [1.82, 2.24) is 0 Å². The number of aliphatic hydroxyl groups excluding tert-OH is 1. The standard InChI is InChI=1S/C27H36F2N2O4/c1-19(7-5-14-34-23-8-3-4-9-24(23)35-18-27(2,28)29)15-20-16-21-10-12-31(11-6-13-32)25(21)22(17-20)26(30)33/h3-4,8-9,16-17,19,32H,5-7,10-15,18H2,1-2H3,(H2,30,33)/t19-/m0/s1. The molecule has 0 saturated heterocycles. The summed E-state index contributed by atoms with van der Waals surface area (Å²) in [5.74, 6) is -2.21. The average molecular weight is 491 g/mol. The molecule has 1 aliphatic rings. The fraction of sp³-hybridized carbons (Fsp3) is 0.519. The number of carbonyl (C=O) groups is 1. The smallest absolute Gasteiger partial charge is 0.278 e. The van der Waals surface area contributed by atoms with E-state index in [1.165, 1.54) is 0 Å². The molecule has 1 heterocycles. The third kappa shape index (κ3) is 7.82. The third-order valence-electron chi connectivity index (χ3n) is 6.08. The van der Waals surface area contributed by atoms with E-state index in [1.807, 2.05) is 6.07 Å². The van der Waals surface area contributed by atoms with E-state index in [4.69, 9.17) is 20.3 Å². The Bertz CT molecular complexity index is 994. The predicted molar refractivity (Wildman–Crippen MR) is 133 cm³/mol. The van der Waals surface area contributed by atoms with Crippen LogP contribution in [0.1, 0.15) is 54.6 Å². The van der Waals surface area contributed by atoms with Crippen LogP contribution in [0.4, 0.5) is 14.5 Å². The molecule has 0 spiro atoms. The second-order valence-corrected chi connectivity index (χ2v) is 9.44. The molecular weight excluding hydrogens is 454 g/mol. The molecule has 0 aromatic heterocycles. The monoisotopic (exact) mass is 490 g/mol. The lowest BCUT2D eigenvalue weighted by atomic mass is 9.93. The minimum absolute atomic E-state index is 0.115. The Hall–Kier alpha value is -2.87. The highest BCUT2D eigenvalue weighted by molar-refractivity contribution is 6.00. The molecule has 1 atom stereocenters. The van der Waals surface area contributed by atoms with E-state index in [9.17, 15) is 13.6 Å². The van der Waals surface area contributed by atoms with Crippen LogP contribution in [0.25, 0.3) is 0 Å². The molecular formula is C27H36F2N2O4. The highest BCUT2D eigenvalue weighted by Crippen LogP contribution is 2.34. The minimum Gasteiger partial charge on any atom is -0.490 e. The topological polar surface area (TPSA) is 85.0 Å². The van der Waals surface area contributed by atoms with E-state index in [0.29, 0.717) is 42.6 Å². The van der Waals surface area contributed by atoms with Crippen LogP contribution in [-0.2, 0) is 12.8 Å². The number of hydrogen-bond acceptors (Lipinski definition) is 5. The highest BCUT2D eigenvalue weighted by atomic mass is 19.3. The van der Waals surface area contributed by atoms with Crippen molar-refractivity contribution in [3.05, 3.63) is 53.1 Å². The van der Waals surface area contributed by atoms with Crippen molar-refractivity contribution in [2.45, 2.75) is 51.9 Å². The Labute approximate surface area is 206 Å². The van der Waals surface area contributed by atoms with Crippen molar-refractivity contribution in [1.29, 1.82) is 0 Å². The average Bonchev–Trinajstić information content (AvgIpc) is 3.21. The Morgan fingerprint density at radius 1 is 1.20 bits per heavy atom. The molecule has 0 fully saturated rings. The van der Waals surface area contributed by atoms with Gasteiger partial charge in [-0.25, -0.2) is 8.78 Å². The van der Waals surface area contributed by atoms with Crippen LogP contribution in [-0.4, -0.2) is 49.8 Å². The quantitative estimate of drug-likeness (QED) is 0.378. The van der Waals surface area contributed by atoms with Crippen LogP contribution in [0.2, 0.25) is 0 Å². The lowest BCUT2D eigenvalue weighted by Gasteiger charge is -2.22. The van der Waals surface area contributed by atoms with Gasteiger partial charge in [0.15, 0.2) is 18.1 Å². The molecule has 8 heteroatoms. The van der Waals surface area contributed by atoms with Crippen LogP contribution < -0.4 is 20.1 Å². The summed E-state index contributed by atoms with van der Waals surface area (Å²) < 4.78 is 37.3. The number of primary amides is 1. The van der Waals surface area contributed by atoms with Crippen molar-refractivity contribution >= 4 is 11.6 Å². The first-order valence-electron chi connectivity index (χ1n) is 12.2. The van der Waals surface area contributed by atoms with Crippen molar-refractivity contribution in [3.8, 4) is 11.5 Å². The second kappa shape index (κ2) is 12.2. The fourth-order valence-corrected chi connectivity index (χ4v) is 4.49. The zero-order chi connectivity index (χ0) is 25.4. The molecule has 1 amide bonds. The molecule has 0 saturated carbocycles. The van der Waals surface area contributed by atoms with Gasteiger partial charge in [0.05, 0.1) is 17.9 Å². The molecule has 0 bridgehead atoms. The number of hydrogen-bond donors (Lipinski definition) is 2. The zero-order valence-electron chi connectivity index (χ0n) is 20.6. The maximum atomic E-state index is 13.1. The molecule has 3 N–H and O–H groups in total. The number of benzene rings is 2. The minimum atomic E-state index is -2.91. The van der Waals surface area contributed by atoms with Crippen molar-refractivity contribution in [3.63, 3.8) is 0 Å². The van der Waals surface area contributed by atoms with E-state index in [1.54, 1.807) is 24.3 Å². The van der Waals surface area contributed by atoms with Crippen LogP contribution in [0.15, 0.2) is 36.4 Å². The largest absolute Gasteiger partial charge is 0.490 e. The lowest BCUT2D eigenvalue weighted by molar-refractivity contribution is -0.0236. The van der Waals surface area contributed by atoms with Gasteiger partial charge in [-0.1, -0.05) is 25.1 Å². The normalized spacial score (nSPS) is 14.0. The van der Waals surface area contributed by atoms with Gasteiger partial charge in [0.25, 0.3) is 11.8 Å². The Morgan fingerprint density at radius 3 is 2.57 bits per heavy atom. The first-order valence-corrected chi connectivity index (χ1v) is 12.2. The summed E-state index contributed by atoms with van der Waals surface area (Å²) in [5, 5.41) is 9.16. The lowest BCUT2D eigenvalue weighted by Crippen LogP contribution is -2.25. The Morgan fingerprint density at radius 2 is 1.91 bits per heavy atom. The number of carbonyl (C=O) groups excluding carboxylic acids is 1. The maximum absolute atomic E-state index is 13.1. The van der Waals surface area contributed by atoms with E-state index < -0.39 is 18.4 Å². The van der Waals surface area contributed by atoms with Gasteiger partial charge in [0.2, 0.25) is 0 Å². The molecule has 0 radical (unpaired) electrons. The Kier molecular flexibility index (Phi) is 9.32. The maximum Gasteiger partial charge on any atom is 0.278 e. The van der Waals surface area contributed by atoms with E-state index >= 15 is 0 Å². The van der Waals surface area contributed by atoms with Gasteiger partial charge >= 0.3 is 0 Å². The molecule has 0 unspecified atom stereocenters.